The molecule has 94 valence electrons. The van der Waals surface area contributed by atoms with Gasteiger partial charge >= 0.3 is 0 Å². The van der Waals surface area contributed by atoms with Gasteiger partial charge in [0.2, 0.25) is 5.91 Å². The Hall–Kier alpha value is -0.610. The lowest BCUT2D eigenvalue weighted by Crippen LogP contribution is -2.41. The van der Waals surface area contributed by atoms with Gasteiger partial charge in [0.05, 0.1) is 0 Å². The molecular formula is C12H25N3O. The van der Waals surface area contributed by atoms with Crippen molar-refractivity contribution in [2.75, 3.05) is 33.7 Å². The number of likely N-dealkylation sites (N-methyl/N-ethyl adjacent to an activating group) is 2. The summed E-state index contributed by atoms with van der Waals surface area (Å²) in [5, 5.41) is 0. The highest BCUT2D eigenvalue weighted by Gasteiger charge is 2.29. The van der Waals surface area contributed by atoms with Gasteiger partial charge in [-0.25, -0.2) is 0 Å². The van der Waals surface area contributed by atoms with Crippen molar-refractivity contribution in [3.63, 3.8) is 0 Å². The van der Waals surface area contributed by atoms with Crippen LogP contribution in [-0.4, -0.2) is 55.5 Å². The number of nitrogens with two attached hydrogens (primary N) is 1. The monoisotopic (exact) mass is 227 g/mol. The Morgan fingerprint density at radius 3 is 2.62 bits per heavy atom. The van der Waals surface area contributed by atoms with Crippen LogP contribution in [0, 0.1) is 5.41 Å². The van der Waals surface area contributed by atoms with Crippen LogP contribution in [-0.2, 0) is 4.79 Å². The van der Waals surface area contributed by atoms with Crippen LogP contribution in [0.1, 0.15) is 26.7 Å². The van der Waals surface area contributed by atoms with E-state index in [4.69, 9.17) is 5.73 Å². The summed E-state index contributed by atoms with van der Waals surface area (Å²) in [6, 6.07) is 0.381. The van der Waals surface area contributed by atoms with E-state index in [9.17, 15) is 4.79 Å². The van der Waals surface area contributed by atoms with Crippen molar-refractivity contribution in [2.45, 2.75) is 32.7 Å². The van der Waals surface area contributed by atoms with Gasteiger partial charge in [-0.05, 0) is 32.0 Å². The third-order valence-electron chi connectivity index (χ3n) is 3.49. The van der Waals surface area contributed by atoms with Gasteiger partial charge < -0.3 is 15.5 Å². The maximum atomic E-state index is 12.1. The predicted molar refractivity (Wildman–Crippen MR) is 66.1 cm³/mol. The molecule has 0 aromatic carbocycles. The minimum Gasteiger partial charge on any atom is -0.341 e. The van der Waals surface area contributed by atoms with Crippen molar-refractivity contribution in [1.82, 2.24) is 9.80 Å². The smallest absolute Gasteiger partial charge is 0.223 e. The first-order chi connectivity index (χ1) is 7.35. The summed E-state index contributed by atoms with van der Waals surface area (Å²) in [4.78, 5) is 16.2. The zero-order valence-corrected chi connectivity index (χ0v) is 11.0. The van der Waals surface area contributed by atoms with Gasteiger partial charge in [-0.2, -0.15) is 0 Å². The summed E-state index contributed by atoms with van der Waals surface area (Å²) >= 11 is 0. The van der Waals surface area contributed by atoms with E-state index in [2.05, 4.69) is 11.9 Å². The molecule has 1 rings (SSSR count). The topological polar surface area (TPSA) is 49.6 Å². The van der Waals surface area contributed by atoms with Crippen molar-refractivity contribution in [2.24, 2.45) is 11.1 Å². The SMILES string of the molecule is CN1CCC(N(C)C(=O)CC(C)(C)CN)C1. The fourth-order valence-electron chi connectivity index (χ4n) is 2.04. The molecule has 1 aliphatic rings. The van der Waals surface area contributed by atoms with Gasteiger partial charge in [-0.3, -0.25) is 4.79 Å². The van der Waals surface area contributed by atoms with Crippen LogP contribution in [0.5, 0.6) is 0 Å². The van der Waals surface area contributed by atoms with Crippen LogP contribution in [0.25, 0.3) is 0 Å². The zero-order chi connectivity index (χ0) is 12.3. The van der Waals surface area contributed by atoms with E-state index in [-0.39, 0.29) is 11.3 Å². The number of amides is 1. The van der Waals surface area contributed by atoms with Gasteiger partial charge in [0, 0.05) is 26.1 Å². The summed E-state index contributed by atoms with van der Waals surface area (Å²) in [6.45, 7) is 6.71. The maximum absolute atomic E-state index is 12.1. The molecule has 0 aliphatic carbocycles. The highest BCUT2D eigenvalue weighted by atomic mass is 16.2. The quantitative estimate of drug-likeness (QED) is 0.762. The Bertz CT molecular complexity index is 253. The average Bonchev–Trinajstić information content (AvgIpc) is 2.63. The number of likely N-dealkylation sites (tertiary alicyclic amines) is 1. The van der Waals surface area contributed by atoms with E-state index in [1.807, 2.05) is 25.8 Å². The fourth-order valence-corrected chi connectivity index (χ4v) is 2.04. The molecule has 0 aromatic heterocycles. The van der Waals surface area contributed by atoms with E-state index < -0.39 is 0 Å². The van der Waals surface area contributed by atoms with Crippen LogP contribution in [0.4, 0.5) is 0 Å². The number of carbonyl (C=O) groups excluding carboxylic acids is 1. The number of carbonyl (C=O) groups is 1. The second kappa shape index (κ2) is 5.15. The standard InChI is InChI=1S/C12H25N3O/c1-12(2,9-13)7-11(16)15(4)10-5-6-14(3)8-10/h10H,5-9,13H2,1-4H3. The van der Waals surface area contributed by atoms with E-state index in [1.54, 1.807) is 0 Å². The Morgan fingerprint density at radius 1 is 1.56 bits per heavy atom. The van der Waals surface area contributed by atoms with Crippen molar-refractivity contribution in [1.29, 1.82) is 0 Å². The second-order valence-corrected chi connectivity index (χ2v) is 5.75. The average molecular weight is 227 g/mol. The molecule has 1 fully saturated rings. The van der Waals surface area contributed by atoms with E-state index >= 15 is 0 Å². The molecule has 4 heteroatoms. The molecule has 0 bridgehead atoms. The Morgan fingerprint density at radius 2 is 2.19 bits per heavy atom. The minimum atomic E-state index is -0.0875. The molecule has 0 spiro atoms. The van der Waals surface area contributed by atoms with Crippen molar-refractivity contribution < 1.29 is 4.79 Å². The summed E-state index contributed by atoms with van der Waals surface area (Å²) in [7, 11) is 4.01. The van der Waals surface area contributed by atoms with Gasteiger partial charge in [-0.15, -0.1) is 0 Å². The molecule has 4 nitrogen and oxygen atoms in total. The molecular weight excluding hydrogens is 202 g/mol. The van der Waals surface area contributed by atoms with Crippen LogP contribution in [0.2, 0.25) is 0 Å². The van der Waals surface area contributed by atoms with Gasteiger partial charge in [0.25, 0.3) is 0 Å². The molecule has 1 aliphatic heterocycles. The Labute approximate surface area is 98.8 Å². The van der Waals surface area contributed by atoms with Gasteiger partial charge in [0.15, 0.2) is 0 Å². The van der Waals surface area contributed by atoms with Crippen LogP contribution in [0.15, 0.2) is 0 Å². The first kappa shape index (κ1) is 13.5. The van der Waals surface area contributed by atoms with Crippen LogP contribution < -0.4 is 5.73 Å². The lowest BCUT2D eigenvalue weighted by atomic mass is 9.89. The molecule has 16 heavy (non-hydrogen) atoms. The van der Waals surface area contributed by atoms with Crippen LogP contribution in [0.3, 0.4) is 0 Å². The van der Waals surface area contributed by atoms with E-state index in [0.29, 0.717) is 19.0 Å². The molecule has 1 saturated heterocycles. The van der Waals surface area contributed by atoms with Crippen molar-refractivity contribution in [3.05, 3.63) is 0 Å². The molecule has 0 saturated carbocycles. The fraction of sp³-hybridized carbons (Fsp3) is 0.917. The Balaban J connectivity index is 2.48. The van der Waals surface area contributed by atoms with Crippen molar-refractivity contribution in [3.8, 4) is 0 Å². The first-order valence-electron chi connectivity index (χ1n) is 6.00. The van der Waals surface area contributed by atoms with E-state index in [1.165, 1.54) is 0 Å². The van der Waals surface area contributed by atoms with Crippen molar-refractivity contribution >= 4 is 5.91 Å². The summed E-state index contributed by atoms with van der Waals surface area (Å²) in [6.07, 6.45) is 1.63. The molecule has 0 radical (unpaired) electrons. The second-order valence-electron chi connectivity index (χ2n) is 5.75. The normalized spacial score (nSPS) is 22.4. The number of rotatable bonds is 4. The minimum absolute atomic E-state index is 0.0875. The summed E-state index contributed by atoms with van der Waals surface area (Å²) < 4.78 is 0. The molecule has 1 atom stereocenters. The third kappa shape index (κ3) is 3.46. The zero-order valence-electron chi connectivity index (χ0n) is 11.0. The molecule has 1 unspecified atom stereocenters. The summed E-state index contributed by atoms with van der Waals surface area (Å²) in [5.41, 5.74) is 5.56. The molecule has 1 amide bonds. The maximum Gasteiger partial charge on any atom is 0.223 e. The number of nitrogens with zero attached hydrogens (tertiary/aromatic N) is 2. The lowest BCUT2D eigenvalue weighted by Gasteiger charge is -2.29. The van der Waals surface area contributed by atoms with Crippen LogP contribution >= 0.6 is 0 Å². The molecule has 0 aromatic rings. The van der Waals surface area contributed by atoms with Gasteiger partial charge in [0.1, 0.15) is 0 Å². The number of hydrogen-bond donors (Lipinski definition) is 1. The molecule has 2 N–H and O–H groups in total. The predicted octanol–water partition coefficient (Wildman–Crippen LogP) is 0.524. The lowest BCUT2D eigenvalue weighted by molar-refractivity contribution is -0.133. The highest BCUT2D eigenvalue weighted by molar-refractivity contribution is 5.77. The largest absolute Gasteiger partial charge is 0.341 e. The first-order valence-corrected chi connectivity index (χ1v) is 6.00. The highest BCUT2D eigenvalue weighted by Crippen LogP contribution is 2.21. The Kier molecular flexibility index (Phi) is 4.33. The van der Waals surface area contributed by atoms with E-state index in [0.717, 1.165) is 19.5 Å². The molecule has 1 heterocycles. The third-order valence-corrected chi connectivity index (χ3v) is 3.49. The summed E-state index contributed by atoms with van der Waals surface area (Å²) in [5.74, 6) is 0.218. The number of hydrogen-bond acceptors (Lipinski definition) is 3. The van der Waals surface area contributed by atoms with Gasteiger partial charge in [-0.1, -0.05) is 13.8 Å².